The Morgan fingerprint density at radius 3 is 2.42 bits per heavy atom. The molecule has 2 aromatic rings. The summed E-state index contributed by atoms with van der Waals surface area (Å²) in [5.74, 6) is 0.862. The average Bonchev–Trinajstić information content (AvgIpc) is 2.97. The van der Waals surface area contributed by atoms with Gasteiger partial charge in [-0.05, 0) is 12.8 Å². The third-order valence-corrected chi connectivity index (χ3v) is 3.75. The molecule has 0 radical (unpaired) electrons. The van der Waals surface area contributed by atoms with Crippen molar-refractivity contribution >= 4 is 58.9 Å². The fourth-order valence-corrected chi connectivity index (χ4v) is 2.60. The van der Waals surface area contributed by atoms with Gasteiger partial charge in [-0.15, -0.1) is 25.3 Å². The van der Waals surface area contributed by atoms with Gasteiger partial charge in [-0.3, -0.25) is 0 Å². The summed E-state index contributed by atoms with van der Waals surface area (Å²) >= 11 is 12.8. The summed E-state index contributed by atoms with van der Waals surface area (Å²) in [7, 11) is 0. The zero-order valence-electron chi connectivity index (χ0n) is 13.0. The van der Waals surface area contributed by atoms with Crippen LogP contribution in [-0.2, 0) is 0 Å². The molecule has 1 fully saturated rings. The second-order valence-electron chi connectivity index (χ2n) is 5.11. The molecule has 0 aliphatic carbocycles. The zero-order chi connectivity index (χ0) is 16.7. The quantitative estimate of drug-likeness (QED) is 0.274. The zero-order valence-corrected chi connectivity index (χ0v) is 17.7. The fourth-order valence-electron chi connectivity index (χ4n) is 2.17. The van der Waals surface area contributed by atoms with Crippen molar-refractivity contribution in [1.29, 1.82) is 0 Å². The second-order valence-corrected chi connectivity index (χ2v) is 6.72. The van der Waals surface area contributed by atoms with E-state index in [4.69, 9.17) is 17.3 Å². The Morgan fingerprint density at radius 1 is 1.29 bits per heavy atom. The summed E-state index contributed by atoms with van der Waals surface area (Å²) in [5, 5.41) is 11.8. The van der Waals surface area contributed by atoms with Gasteiger partial charge >= 0.3 is 17.1 Å². The van der Waals surface area contributed by atoms with Crippen molar-refractivity contribution in [3.63, 3.8) is 0 Å². The van der Waals surface area contributed by atoms with Crippen LogP contribution in [0.15, 0.2) is 41.6 Å². The van der Waals surface area contributed by atoms with Gasteiger partial charge in [0.25, 0.3) is 0 Å². The number of thiocarbonyl (C=S) groups is 1. The van der Waals surface area contributed by atoms with Crippen LogP contribution in [0.3, 0.4) is 0 Å². The molecule has 3 rings (SSSR count). The monoisotopic (exact) mass is 450 g/mol. The van der Waals surface area contributed by atoms with Gasteiger partial charge < -0.3 is 15.5 Å². The van der Waals surface area contributed by atoms with E-state index in [0.29, 0.717) is 9.35 Å². The molecule has 1 aliphatic heterocycles. The number of aliphatic hydroxyl groups is 1. The number of nitrogens with zero attached hydrogens (tertiary/aromatic N) is 2. The summed E-state index contributed by atoms with van der Waals surface area (Å²) in [5.41, 5.74) is 4.00. The van der Waals surface area contributed by atoms with Gasteiger partial charge in [0, 0.05) is 24.8 Å². The van der Waals surface area contributed by atoms with Crippen LogP contribution >= 0.6 is 37.5 Å². The van der Waals surface area contributed by atoms with E-state index in [1.165, 1.54) is 0 Å². The molecule has 0 bridgehead atoms. The van der Waals surface area contributed by atoms with E-state index in [9.17, 15) is 0 Å². The van der Waals surface area contributed by atoms with Crippen molar-refractivity contribution < 1.29 is 5.11 Å². The predicted octanol–water partition coefficient (Wildman–Crippen LogP) is 1.61. The van der Waals surface area contributed by atoms with Crippen molar-refractivity contribution in [2.24, 2.45) is 0 Å². The first-order valence-corrected chi connectivity index (χ1v) is 8.57. The topological polar surface area (TPSA) is 64.2 Å². The normalized spacial score (nSPS) is 15.0. The third kappa shape index (κ3) is 7.56. The molecule has 5 nitrogen and oxygen atoms in total. The maximum atomic E-state index is 9.15. The Kier molecular flexibility index (Phi) is 9.99. The van der Waals surface area contributed by atoms with Crippen LogP contribution in [0.2, 0.25) is 0 Å². The first kappa shape index (κ1) is 21.5. The van der Waals surface area contributed by atoms with Gasteiger partial charge in [-0.2, -0.15) is 0 Å². The first-order valence-electron chi connectivity index (χ1n) is 7.27. The van der Waals surface area contributed by atoms with E-state index in [2.05, 4.69) is 40.7 Å². The van der Waals surface area contributed by atoms with Crippen LogP contribution in [-0.4, -0.2) is 60.7 Å². The Balaban J connectivity index is 0.000000232. The summed E-state index contributed by atoms with van der Waals surface area (Å²) in [4.78, 5) is 7.22. The molecule has 1 aliphatic rings. The van der Waals surface area contributed by atoms with E-state index < -0.39 is 0 Å². The molecule has 132 valence electrons. The van der Waals surface area contributed by atoms with Gasteiger partial charge in [0.1, 0.15) is 15.2 Å². The number of thiol groups is 2. The summed E-state index contributed by atoms with van der Waals surface area (Å²) in [6.07, 6.45) is 3.25. The molecular formula is C15H22N4OS3Se. The van der Waals surface area contributed by atoms with E-state index in [1.54, 1.807) is 6.20 Å². The predicted molar refractivity (Wildman–Crippen MR) is 111 cm³/mol. The number of hydrazine groups is 1. The number of rotatable bonds is 2. The molecule has 0 saturated carbocycles. The van der Waals surface area contributed by atoms with E-state index in [0.717, 1.165) is 37.3 Å². The van der Waals surface area contributed by atoms with E-state index >= 15 is 0 Å². The molecule has 0 unspecified atom stereocenters. The minimum atomic E-state index is -0.137. The van der Waals surface area contributed by atoms with Crippen LogP contribution in [0.5, 0.6) is 0 Å². The molecular weight excluding hydrogens is 427 g/mol. The van der Waals surface area contributed by atoms with Gasteiger partial charge in [-0.25, -0.2) is 9.99 Å². The summed E-state index contributed by atoms with van der Waals surface area (Å²) in [6, 6.07) is 9.96. The summed E-state index contributed by atoms with van der Waals surface area (Å²) in [6.45, 7) is 1.67. The molecule has 0 atom stereocenters. The van der Waals surface area contributed by atoms with Crippen molar-refractivity contribution in [2.45, 2.75) is 24.0 Å². The number of nitrogens with one attached hydrogen (secondary N) is 2. The van der Waals surface area contributed by atoms with E-state index in [-0.39, 0.29) is 23.2 Å². The standard InChI is InChI=1S/C9H8N2S.C6H12N2OS2.H2Se/c12-8-6-10-9(11-8)7-4-2-1-3-5-7;9-5-1-3-8(4-2-5)7-6(10)11;/h1-6,12H,(H,10,11);5,9H,1-4H2,(H2,7,10,11);1H2. The Hall–Kier alpha value is -0.541. The molecule has 9 heteroatoms. The van der Waals surface area contributed by atoms with Crippen LogP contribution in [0.4, 0.5) is 0 Å². The number of hydrogen-bond donors (Lipinski definition) is 5. The van der Waals surface area contributed by atoms with Crippen LogP contribution in [0, 0.1) is 0 Å². The molecule has 1 aromatic carbocycles. The van der Waals surface area contributed by atoms with Crippen LogP contribution in [0.25, 0.3) is 11.4 Å². The third-order valence-electron chi connectivity index (χ3n) is 3.33. The van der Waals surface area contributed by atoms with Crippen molar-refractivity contribution in [3.8, 4) is 11.4 Å². The van der Waals surface area contributed by atoms with Crippen molar-refractivity contribution in [2.75, 3.05) is 13.1 Å². The average molecular weight is 450 g/mol. The maximum absolute atomic E-state index is 9.15. The Bertz CT molecular complexity index is 618. The number of aromatic amines is 1. The molecule has 3 N–H and O–H groups in total. The molecule has 1 saturated heterocycles. The number of aliphatic hydroxyl groups excluding tert-OH is 1. The number of H-pyrrole nitrogens is 1. The van der Waals surface area contributed by atoms with Gasteiger partial charge in [0.2, 0.25) is 0 Å². The number of hydrogen-bond acceptors (Lipinski definition) is 5. The SMILES string of the molecule is OC1CCN(NC(=S)S)CC1.Sc1c[nH]c(-c2ccccc2)n1.[SeH2]. The summed E-state index contributed by atoms with van der Waals surface area (Å²) < 4.78 is 0.487. The van der Waals surface area contributed by atoms with Gasteiger partial charge in [0.15, 0.2) is 0 Å². The van der Waals surface area contributed by atoms with Crippen LogP contribution < -0.4 is 5.43 Å². The number of piperidine rings is 1. The second kappa shape index (κ2) is 11.1. The molecule has 2 heterocycles. The molecule has 1 aromatic heterocycles. The first-order chi connectivity index (χ1) is 11.0. The number of imidazole rings is 1. The Morgan fingerprint density at radius 2 is 1.92 bits per heavy atom. The molecule has 0 amide bonds. The van der Waals surface area contributed by atoms with Crippen molar-refractivity contribution in [3.05, 3.63) is 36.5 Å². The number of aromatic nitrogens is 2. The minimum absolute atomic E-state index is 0. The fraction of sp³-hybridized carbons (Fsp3) is 0.333. The number of benzene rings is 1. The Labute approximate surface area is 168 Å². The van der Waals surface area contributed by atoms with E-state index in [1.807, 2.05) is 35.3 Å². The molecule has 0 spiro atoms. The van der Waals surface area contributed by atoms with Gasteiger partial charge in [-0.1, -0.05) is 42.5 Å². The van der Waals surface area contributed by atoms with Crippen molar-refractivity contribution in [1.82, 2.24) is 20.4 Å². The van der Waals surface area contributed by atoms with Gasteiger partial charge in [0.05, 0.1) is 6.10 Å². The molecule has 24 heavy (non-hydrogen) atoms. The van der Waals surface area contributed by atoms with Crippen LogP contribution in [0.1, 0.15) is 12.8 Å².